The number of likely N-dealkylation sites (N-methyl/N-ethyl adjacent to an activating group) is 1. The molecule has 0 aliphatic carbocycles. The number of amides is 2. The Labute approximate surface area is 203 Å². The number of rotatable bonds is 7. The molecule has 3 heterocycles. The predicted molar refractivity (Wildman–Crippen MR) is 133 cm³/mol. The summed E-state index contributed by atoms with van der Waals surface area (Å²) in [5.41, 5.74) is 3.98. The summed E-state index contributed by atoms with van der Waals surface area (Å²) in [7, 11) is 5.55. The molecule has 9 heteroatoms. The molecule has 0 bridgehead atoms. The van der Waals surface area contributed by atoms with Crippen molar-refractivity contribution in [1.82, 2.24) is 24.8 Å². The van der Waals surface area contributed by atoms with Crippen LogP contribution in [0.15, 0.2) is 67.1 Å². The average molecular weight is 468 g/mol. The number of nitriles is 1. The van der Waals surface area contributed by atoms with Crippen LogP contribution >= 0.6 is 0 Å². The molecular weight excluding hydrogens is 442 g/mol. The standard InChI is InChI=1S/C26H25N7O2/c1-31(2)13-11-28-25(34)20-7-5-19(6-8-20)22-17-30-33-12-10-21(14-23(22)33)26(35)32(3)24-9-4-18(15-27)16-29-24/h4-10,12,14,16-17H,11,13H2,1-3H3,(H,28,34). The molecule has 4 rings (SSSR count). The van der Waals surface area contributed by atoms with Crippen LogP contribution in [0.2, 0.25) is 0 Å². The van der Waals surface area contributed by atoms with Gasteiger partial charge in [0.1, 0.15) is 11.9 Å². The third-order valence-electron chi connectivity index (χ3n) is 5.60. The highest BCUT2D eigenvalue weighted by Crippen LogP contribution is 2.26. The number of carbonyl (C=O) groups excluding carboxylic acids is 2. The summed E-state index contributed by atoms with van der Waals surface area (Å²) in [5, 5.41) is 16.3. The summed E-state index contributed by atoms with van der Waals surface area (Å²) in [4.78, 5) is 33.1. The Morgan fingerprint density at radius 2 is 1.80 bits per heavy atom. The molecule has 3 aromatic heterocycles. The molecular formula is C26H25N7O2. The molecule has 0 saturated carbocycles. The summed E-state index contributed by atoms with van der Waals surface area (Å²) in [5.74, 6) is 0.0919. The summed E-state index contributed by atoms with van der Waals surface area (Å²) in [6.45, 7) is 1.34. The molecule has 9 nitrogen and oxygen atoms in total. The fraction of sp³-hybridized carbons (Fsp3) is 0.192. The number of fused-ring (bicyclic) bond motifs is 1. The van der Waals surface area contributed by atoms with Crippen molar-refractivity contribution in [2.24, 2.45) is 0 Å². The van der Waals surface area contributed by atoms with Gasteiger partial charge in [-0.1, -0.05) is 12.1 Å². The fourth-order valence-electron chi connectivity index (χ4n) is 3.58. The molecule has 0 spiro atoms. The molecule has 176 valence electrons. The SMILES string of the molecule is CN(C)CCNC(=O)c1ccc(-c2cnn3ccc(C(=O)N(C)c4ccc(C#N)cn4)cc23)cc1. The van der Waals surface area contributed by atoms with E-state index in [0.717, 1.165) is 23.2 Å². The lowest BCUT2D eigenvalue weighted by Crippen LogP contribution is -2.31. The van der Waals surface area contributed by atoms with E-state index in [-0.39, 0.29) is 11.8 Å². The minimum atomic E-state index is -0.235. The van der Waals surface area contributed by atoms with E-state index in [1.165, 1.54) is 11.1 Å². The minimum absolute atomic E-state index is 0.120. The highest BCUT2D eigenvalue weighted by Gasteiger charge is 2.17. The summed E-state index contributed by atoms with van der Waals surface area (Å²) >= 11 is 0. The number of pyridine rings is 2. The average Bonchev–Trinajstić information content (AvgIpc) is 3.31. The van der Waals surface area contributed by atoms with Gasteiger partial charge in [0.25, 0.3) is 11.8 Å². The van der Waals surface area contributed by atoms with Crippen LogP contribution in [-0.4, -0.2) is 65.5 Å². The van der Waals surface area contributed by atoms with Crippen LogP contribution in [0.5, 0.6) is 0 Å². The fourth-order valence-corrected chi connectivity index (χ4v) is 3.58. The number of benzene rings is 1. The Hall–Kier alpha value is -4.55. The number of hydrogen-bond acceptors (Lipinski definition) is 6. The van der Waals surface area contributed by atoms with E-state index in [1.54, 1.807) is 60.4 Å². The zero-order valence-electron chi connectivity index (χ0n) is 19.8. The van der Waals surface area contributed by atoms with Crippen molar-refractivity contribution in [3.8, 4) is 17.2 Å². The smallest absolute Gasteiger partial charge is 0.259 e. The second-order valence-electron chi connectivity index (χ2n) is 8.32. The molecule has 0 radical (unpaired) electrons. The van der Waals surface area contributed by atoms with E-state index >= 15 is 0 Å². The van der Waals surface area contributed by atoms with E-state index in [1.807, 2.05) is 37.2 Å². The summed E-state index contributed by atoms with van der Waals surface area (Å²) < 4.78 is 1.70. The van der Waals surface area contributed by atoms with Gasteiger partial charge in [-0.3, -0.25) is 14.5 Å². The van der Waals surface area contributed by atoms with Crippen molar-refractivity contribution in [2.45, 2.75) is 0 Å². The highest BCUT2D eigenvalue weighted by atomic mass is 16.2. The molecule has 1 aromatic carbocycles. The van der Waals surface area contributed by atoms with Gasteiger partial charge in [-0.15, -0.1) is 0 Å². The Bertz CT molecular complexity index is 1400. The van der Waals surface area contributed by atoms with E-state index in [4.69, 9.17) is 5.26 Å². The largest absolute Gasteiger partial charge is 0.351 e. The van der Waals surface area contributed by atoms with Crippen LogP contribution in [-0.2, 0) is 0 Å². The molecule has 1 N–H and O–H groups in total. The van der Waals surface area contributed by atoms with Crippen molar-refractivity contribution in [1.29, 1.82) is 5.26 Å². The number of nitrogens with zero attached hydrogens (tertiary/aromatic N) is 6. The molecule has 2 amide bonds. The Kier molecular flexibility index (Phi) is 6.85. The zero-order valence-corrected chi connectivity index (χ0v) is 19.8. The Morgan fingerprint density at radius 1 is 1.03 bits per heavy atom. The van der Waals surface area contributed by atoms with Crippen molar-refractivity contribution in [3.63, 3.8) is 0 Å². The van der Waals surface area contributed by atoms with E-state index in [2.05, 4.69) is 15.4 Å². The van der Waals surface area contributed by atoms with Crippen LogP contribution < -0.4 is 10.2 Å². The molecule has 0 saturated heterocycles. The van der Waals surface area contributed by atoms with Crippen LogP contribution in [0.1, 0.15) is 26.3 Å². The van der Waals surface area contributed by atoms with Gasteiger partial charge in [-0.05, 0) is 56.1 Å². The lowest BCUT2D eigenvalue weighted by atomic mass is 10.0. The third-order valence-corrected chi connectivity index (χ3v) is 5.60. The number of anilines is 1. The van der Waals surface area contributed by atoms with E-state index < -0.39 is 0 Å². The number of hydrogen-bond donors (Lipinski definition) is 1. The van der Waals surface area contributed by atoms with Crippen molar-refractivity contribution in [2.75, 3.05) is 39.1 Å². The second kappa shape index (κ2) is 10.2. The van der Waals surface area contributed by atoms with Gasteiger partial charge in [0, 0.05) is 49.2 Å². The molecule has 4 aromatic rings. The Morgan fingerprint density at radius 3 is 2.46 bits per heavy atom. The van der Waals surface area contributed by atoms with Gasteiger partial charge in [0.15, 0.2) is 0 Å². The van der Waals surface area contributed by atoms with Gasteiger partial charge in [0.05, 0.1) is 17.3 Å². The van der Waals surface area contributed by atoms with E-state index in [0.29, 0.717) is 29.1 Å². The number of nitrogens with one attached hydrogen (secondary N) is 1. The monoisotopic (exact) mass is 467 g/mol. The van der Waals surface area contributed by atoms with Crippen molar-refractivity contribution >= 4 is 23.1 Å². The van der Waals surface area contributed by atoms with Crippen molar-refractivity contribution < 1.29 is 9.59 Å². The highest BCUT2D eigenvalue weighted by molar-refractivity contribution is 6.06. The second-order valence-corrected chi connectivity index (χ2v) is 8.32. The maximum atomic E-state index is 13.1. The predicted octanol–water partition coefficient (Wildman–Crippen LogP) is 2.84. The van der Waals surface area contributed by atoms with E-state index in [9.17, 15) is 9.59 Å². The van der Waals surface area contributed by atoms with Crippen molar-refractivity contribution in [3.05, 3.63) is 83.8 Å². The third kappa shape index (κ3) is 5.18. The molecule has 35 heavy (non-hydrogen) atoms. The quantitative estimate of drug-likeness (QED) is 0.448. The first kappa shape index (κ1) is 23.6. The molecule has 0 fully saturated rings. The summed E-state index contributed by atoms with van der Waals surface area (Å²) in [6.07, 6.45) is 4.91. The normalized spacial score (nSPS) is 10.8. The minimum Gasteiger partial charge on any atom is -0.351 e. The van der Waals surface area contributed by atoms with Crippen LogP contribution in [0.4, 0.5) is 5.82 Å². The van der Waals surface area contributed by atoms with Crippen LogP contribution in [0.25, 0.3) is 16.6 Å². The molecule has 0 aliphatic rings. The first-order valence-electron chi connectivity index (χ1n) is 11.0. The number of aromatic nitrogens is 3. The summed E-state index contributed by atoms with van der Waals surface area (Å²) in [6, 6.07) is 16.1. The van der Waals surface area contributed by atoms with Crippen LogP contribution in [0.3, 0.4) is 0 Å². The Balaban J connectivity index is 1.55. The number of carbonyl (C=O) groups is 2. The topological polar surface area (TPSA) is 107 Å². The maximum absolute atomic E-state index is 13.1. The first-order valence-corrected chi connectivity index (χ1v) is 11.0. The molecule has 0 aliphatic heterocycles. The zero-order chi connectivity index (χ0) is 24.9. The molecule has 0 unspecified atom stereocenters. The van der Waals surface area contributed by atoms with Gasteiger partial charge >= 0.3 is 0 Å². The lowest BCUT2D eigenvalue weighted by molar-refractivity contribution is 0.0949. The van der Waals surface area contributed by atoms with Gasteiger partial charge in [0.2, 0.25) is 0 Å². The van der Waals surface area contributed by atoms with Gasteiger partial charge in [-0.2, -0.15) is 10.4 Å². The maximum Gasteiger partial charge on any atom is 0.259 e. The van der Waals surface area contributed by atoms with Gasteiger partial charge < -0.3 is 10.2 Å². The molecule has 0 atom stereocenters. The van der Waals surface area contributed by atoms with Gasteiger partial charge in [-0.25, -0.2) is 9.50 Å². The van der Waals surface area contributed by atoms with Crippen LogP contribution in [0, 0.1) is 11.3 Å². The first-order chi connectivity index (χ1) is 16.9. The lowest BCUT2D eigenvalue weighted by Gasteiger charge is -2.16.